The lowest BCUT2D eigenvalue weighted by Gasteiger charge is -2.16. The number of amides is 2. The van der Waals surface area contributed by atoms with E-state index in [0.717, 1.165) is 10.9 Å². The topological polar surface area (TPSA) is 49.4 Å². The van der Waals surface area contributed by atoms with Crippen molar-refractivity contribution < 1.29 is 9.59 Å². The molecule has 0 bridgehead atoms. The first-order chi connectivity index (χ1) is 12.1. The van der Waals surface area contributed by atoms with Crippen LogP contribution < -0.4 is 5.32 Å². The van der Waals surface area contributed by atoms with Gasteiger partial charge in [0.15, 0.2) is 0 Å². The van der Waals surface area contributed by atoms with Crippen LogP contribution in [0.15, 0.2) is 46.7 Å². The van der Waals surface area contributed by atoms with Crippen LogP contribution in [0.25, 0.3) is 0 Å². The number of thiophene rings is 1. The fourth-order valence-electron chi connectivity index (χ4n) is 2.89. The number of hydrogen-bond acceptors (Lipinski definition) is 4. The lowest BCUT2D eigenvalue weighted by molar-refractivity contribution is -0.116. The molecule has 0 aliphatic heterocycles. The summed E-state index contributed by atoms with van der Waals surface area (Å²) in [5, 5.41) is 5.44. The third kappa shape index (κ3) is 5.09. The molecule has 1 N–H and O–H groups in total. The van der Waals surface area contributed by atoms with Gasteiger partial charge in [-0.05, 0) is 48.6 Å². The third-order valence-electron chi connectivity index (χ3n) is 4.20. The van der Waals surface area contributed by atoms with Crippen LogP contribution in [0.2, 0.25) is 0 Å². The number of hydrogen-bond donors (Lipinski definition) is 1. The minimum atomic E-state index is -0.191. The predicted molar refractivity (Wildman–Crippen MR) is 104 cm³/mol. The summed E-state index contributed by atoms with van der Waals surface area (Å²) in [6.45, 7) is 0.0370. The van der Waals surface area contributed by atoms with Gasteiger partial charge in [0.05, 0.1) is 11.4 Å². The fraction of sp³-hybridized carbons (Fsp3) is 0.368. The molecule has 1 aliphatic rings. The fourth-order valence-corrected chi connectivity index (χ4v) is 4.86. The van der Waals surface area contributed by atoms with Gasteiger partial charge >= 0.3 is 0 Å². The monoisotopic (exact) mass is 374 g/mol. The second-order valence-corrected chi connectivity index (χ2v) is 8.56. The zero-order valence-electron chi connectivity index (χ0n) is 14.2. The van der Waals surface area contributed by atoms with Gasteiger partial charge in [-0.15, -0.1) is 23.1 Å². The number of nitrogens with one attached hydrogen (secondary N) is 1. The summed E-state index contributed by atoms with van der Waals surface area (Å²) in [5.74, 6) is -0.322. The third-order valence-corrected chi connectivity index (χ3v) is 6.41. The van der Waals surface area contributed by atoms with E-state index in [4.69, 9.17) is 0 Å². The molecular weight excluding hydrogens is 352 g/mol. The highest BCUT2D eigenvalue weighted by atomic mass is 32.2. The van der Waals surface area contributed by atoms with Gasteiger partial charge in [-0.2, -0.15) is 0 Å². The van der Waals surface area contributed by atoms with Crippen molar-refractivity contribution in [2.45, 2.75) is 35.8 Å². The van der Waals surface area contributed by atoms with Gasteiger partial charge in [0.2, 0.25) is 5.91 Å². The molecule has 25 heavy (non-hydrogen) atoms. The van der Waals surface area contributed by atoms with E-state index < -0.39 is 0 Å². The van der Waals surface area contributed by atoms with E-state index in [1.165, 1.54) is 46.8 Å². The van der Waals surface area contributed by atoms with Crippen LogP contribution >= 0.6 is 23.1 Å². The predicted octanol–water partition coefficient (Wildman–Crippen LogP) is 4.49. The molecule has 0 atom stereocenters. The van der Waals surface area contributed by atoms with Crippen molar-refractivity contribution >= 4 is 40.6 Å². The number of carbonyl (C=O) groups excluding carboxylic acids is 2. The van der Waals surface area contributed by atoms with Crippen molar-refractivity contribution in [2.24, 2.45) is 0 Å². The first kappa shape index (κ1) is 18.0. The maximum Gasteiger partial charge on any atom is 0.264 e. The SMILES string of the molecule is CN(CC(=O)Nc1ccc(SC2CCCC2)cc1)C(=O)c1cccs1. The zero-order valence-corrected chi connectivity index (χ0v) is 15.9. The van der Waals surface area contributed by atoms with Gasteiger partial charge in [-0.25, -0.2) is 0 Å². The van der Waals surface area contributed by atoms with Gasteiger partial charge in [0.1, 0.15) is 0 Å². The van der Waals surface area contributed by atoms with Crippen molar-refractivity contribution in [2.75, 3.05) is 18.9 Å². The summed E-state index contributed by atoms with van der Waals surface area (Å²) in [5.41, 5.74) is 0.762. The summed E-state index contributed by atoms with van der Waals surface area (Å²) >= 11 is 3.31. The maximum absolute atomic E-state index is 12.2. The lowest BCUT2D eigenvalue weighted by atomic mass is 10.3. The molecular formula is C19H22N2O2S2. The van der Waals surface area contributed by atoms with E-state index in [0.29, 0.717) is 4.88 Å². The van der Waals surface area contributed by atoms with Crippen molar-refractivity contribution in [1.29, 1.82) is 0 Å². The van der Waals surface area contributed by atoms with Crippen LogP contribution in [-0.2, 0) is 4.79 Å². The Morgan fingerprint density at radius 2 is 1.92 bits per heavy atom. The van der Waals surface area contributed by atoms with Gasteiger partial charge < -0.3 is 10.2 Å². The highest BCUT2D eigenvalue weighted by molar-refractivity contribution is 8.00. The van der Waals surface area contributed by atoms with Gasteiger partial charge in [0, 0.05) is 22.9 Å². The van der Waals surface area contributed by atoms with Crippen LogP contribution in [0.5, 0.6) is 0 Å². The Morgan fingerprint density at radius 3 is 2.56 bits per heavy atom. The molecule has 1 aromatic carbocycles. The quantitative estimate of drug-likeness (QED) is 0.810. The van der Waals surface area contributed by atoms with Gasteiger partial charge in [-0.1, -0.05) is 18.9 Å². The first-order valence-corrected chi connectivity index (χ1v) is 10.2. The summed E-state index contributed by atoms with van der Waals surface area (Å²) in [4.78, 5) is 27.6. The molecule has 1 heterocycles. The van der Waals surface area contributed by atoms with Crippen molar-refractivity contribution in [3.05, 3.63) is 46.7 Å². The van der Waals surface area contributed by atoms with Crippen LogP contribution in [-0.4, -0.2) is 35.6 Å². The van der Waals surface area contributed by atoms with Gasteiger partial charge in [0.25, 0.3) is 5.91 Å². The number of thioether (sulfide) groups is 1. The van der Waals surface area contributed by atoms with Gasteiger partial charge in [-0.3, -0.25) is 9.59 Å². The van der Waals surface area contributed by atoms with E-state index >= 15 is 0 Å². The minimum absolute atomic E-state index is 0.0370. The standard InChI is InChI=1S/C19H22N2O2S2/c1-21(19(23)17-7-4-12-24-17)13-18(22)20-14-8-10-16(11-9-14)25-15-5-2-3-6-15/h4,7-12,15H,2-3,5-6,13H2,1H3,(H,20,22). The Morgan fingerprint density at radius 1 is 1.20 bits per heavy atom. The van der Waals surface area contributed by atoms with E-state index in [-0.39, 0.29) is 18.4 Å². The average Bonchev–Trinajstić information content (AvgIpc) is 3.29. The second kappa shape index (κ2) is 8.54. The second-order valence-electron chi connectivity index (χ2n) is 6.24. The van der Waals surface area contributed by atoms with E-state index in [1.807, 2.05) is 35.3 Å². The smallest absolute Gasteiger partial charge is 0.264 e. The van der Waals surface area contributed by atoms with Crippen LogP contribution in [0.3, 0.4) is 0 Å². The Balaban J connectivity index is 1.49. The molecule has 1 saturated carbocycles. The number of carbonyl (C=O) groups is 2. The van der Waals surface area contributed by atoms with Crippen LogP contribution in [0.4, 0.5) is 5.69 Å². The lowest BCUT2D eigenvalue weighted by Crippen LogP contribution is -2.34. The molecule has 0 radical (unpaired) electrons. The highest BCUT2D eigenvalue weighted by Crippen LogP contribution is 2.34. The molecule has 132 valence electrons. The van der Waals surface area contributed by atoms with Crippen LogP contribution in [0, 0.1) is 0 Å². The molecule has 2 aromatic rings. The Hall–Kier alpha value is -1.79. The molecule has 0 unspecified atom stereocenters. The largest absolute Gasteiger partial charge is 0.332 e. The Labute approximate surface area is 156 Å². The minimum Gasteiger partial charge on any atom is -0.332 e. The molecule has 0 spiro atoms. The number of benzene rings is 1. The highest BCUT2D eigenvalue weighted by Gasteiger charge is 2.17. The normalized spacial score (nSPS) is 14.4. The summed E-state index contributed by atoms with van der Waals surface area (Å²) < 4.78 is 0. The van der Waals surface area contributed by atoms with Crippen molar-refractivity contribution in [3.63, 3.8) is 0 Å². The molecule has 2 amide bonds. The number of anilines is 1. The average molecular weight is 375 g/mol. The molecule has 1 aromatic heterocycles. The molecule has 4 nitrogen and oxygen atoms in total. The zero-order chi connectivity index (χ0) is 17.6. The molecule has 1 aliphatic carbocycles. The molecule has 6 heteroatoms. The molecule has 0 saturated heterocycles. The summed E-state index contributed by atoms with van der Waals surface area (Å²) in [6, 6.07) is 11.6. The van der Waals surface area contributed by atoms with E-state index in [2.05, 4.69) is 17.4 Å². The van der Waals surface area contributed by atoms with Crippen molar-refractivity contribution in [3.8, 4) is 0 Å². The Kier molecular flexibility index (Phi) is 6.15. The Bertz CT molecular complexity index is 708. The molecule has 3 rings (SSSR count). The summed E-state index contributed by atoms with van der Waals surface area (Å²) in [7, 11) is 1.64. The number of likely N-dealkylation sites (N-methyl/N-ethyl adjacent to an activating group) is 1. The van der Waals surface area contributed by atoms with E-state index in [1.54, 1.807) is 13.1 Å². The van der Waals surface area contributed by atoms with Crippen LogP contribution in [0.1, 0.15) is 35.4 Å². The number of nitrogens with zero attached hydrogens (tertiary/aromatic N) is 1. The first-order valence-electron chi connectivity index (χ1n) is 8.47. The van der Waals surface area contributed by atoms with E-state index in [9.17, 15) is 9.59 Å². The molecule has 1 fully saturated rings. The van der Waals surface area contributed by atoms with Crippen molar-refractivity contribution in [1.82, 2.24) is 4.90 Å². The number of rotatable bonds is 6. The summed E-state index contributed by atoms with van der Waals surface area (Å²) in [6.07, 6.45) is 5.27. The maximum atomic E-state index is 12.2.